The number of fused-ring (bicyclic) bond motifs is 1. The number of nitrogens with zero attached hydrogens (tertiary/aromatic N) is 5. The van der Waals surface area contributed by atoms with E-state index in [2.05, 4.69) is 43.1 Å². The molecule has 3 aromatic heterocycles. The largest absolute Gasteiger partial charge is 0.369 e. The van der Waals surface area contributed by atoms with E-state index < -0.39 is 0 Å². The molecular weight excluding hydrogens is 312 g/mol. The van der Waals surface area contributed by atoms with Gasteiger partial charge in [-0.3, -0.25) is 0 Å². The van der Waals surface area contributed by atoms with E-state index in [9.17, 15) is 0 Å². The Kier molecular flexibility index (Phi) is 4.10. The van der Waals surface area contributed by atoms with Crippen LogP contribution in [0.15, 0.2) is 36.2 Å². The number of nitrogens with one attached hydrogen (secondary N) is 1. The molecule has 3 aromatic rings. The topological polar surface area (TPSA) is 77.8 Å². The van der Waals surface area contributed by atoms with Crippen molar-refractivity contribution in [1.29, 1.82) is 0 Å². The molecule has 0 fully saturated rings. The van der Waals surface area contributed by atoms with Gasteiger partial charge in [0.05, 0.1) is 24.9 Å². The summed E-state index contributed by atoms with van der Waals surface area (Å²) < 4.78 is 7.86. The Morgan fingerprint density at radius 3 is 3.09 bits per heavy atom. The highest BCUT2D eigenvalue weighted by molar-refractivity contribution is 7.09. The monoisotopic (exact) mass is 328 g/mol. The number of aromatic nitrogens is 5. The van der Waals surface area contributed by atoms with Crippen molar-refractivity contribution in [3.63, 3.8) is 0 Å². The lowest BCUT2D eigenvalue weighted by molar-refractivity contribution is 0.00128. The van der Waals surface area contributed by atoms with Crippen LogP contribution in [0.25, 0.3) is 11.3 Å². The van der Waals surface area contributed by atoms with Gasteiger partial charge in [0.2, 0.25) is 0 Å². The molecule has 0 unspecified atom stereocenters. The van der Waals surface area contributed by atoms with Gasteiger partial charge in [-0.25, -0.2) is 14.6 Å². The van der Waals surface area contributed by atoms with Crippen molar-refractivity contribution in [2.45, 2.75) is 25.8 Å². The first-order valence-electron chi connectivity index (χ1n) is 7.42. The van der Waals surface area contributed by atoms with E-state index >= 15 is 0 Å². The minimum Gasteiger partial charge on any atom is -0.369 e. The number of hydrogen-bond donors (Lipinski definition) is 1. The molecule has 1 N–H and O–H groups in total. The van der Waals surface area contributed by atoms with Gasteiger partial charge in [0, 0.05) is 35.9 Å². The van der Waals surface area contributed by atoms with Gasteiger partial charge >= 0.3 is 0 Å². The summed E-state index contributed by atoms with van der Waals surface area (Å²) in [6, 6.07) is 4.19. The van der Waals surface area contributed by atoms with E-state index in [1.54, 1.807) is 23.7 Å². The summed E-state index contributed by atoms with van der Waals surface area (Å²) in [7, 11) is 0. The summed E-state index contributed by atoms with van der Waals surface area (Å²) in [6.45, 7) is 2.87. The van der Waals surface area contributed by atoms with E-state index in [4.69, 9.17) is 4.74 Å². The predicted molar refractivity (Wildman–Crippen MR) is 85.7 cm³/mol. The highest BCUT2D eigenvalue weighted by atomic mass is 32.1. The van der Waals surface area contributed by atoms with E-state index in [0.29, 0.717) is 13.2 Å². The number of ether oxygens (including phenoxy) is 1. The van der Waals surface area contributed by atoms with Crippen LogP contribution in [0.3, 0.4) is 0 Å². The molecule has 0 spiro atoms. The van der Waals surface area contributed by atoms with Crippen molar-refractivity contribution in [2.24, 2.45) is 0 Å². The SMILES string of the molecule is c1csc(CNC[C@H]2Cn3nnc(-c4cncnc4)c3CO2)c1. The Bertz CT molecular complexity index is 758. The van der Waals surface area contributed by atoms with Crippen molar-refractivity contribution in [3.8, 4) is 11.3 Å². The van der Waals surface area contributed by atoms with Crippen molar-refractivity contribution in [1.82, 2.24) is 30.3 Å². The molecule has 0 bridgehead atoms. The molecule has 1 aliphatic heterocycles. The molecule has 23 heavy (non-hydrogen) atoms. The summed E-state index contributed by atoms with van der Waals surface area (Å²) in [4.78, 5) is 9.39. The molecule has 0 saturated heterocycles. The average molecular weight is 328 g/mol. The van der Waals surface area contributed by atoms with Gasteiger partial charge in [-0.15, -0.1) is 16.4 Å². The molecule has 0 amide bonds. The van der Waals surface area contributed by atoms with E-state index in [1.165, 1.54) is 11.2 Å². The molecule has 0 saturated carbocycles. The summed E-state index contributed by atoms with van der Waals surface area (Å²) in [6.07, 6.45) is 5.09. The van der Waals surface area contributed by atoms with Crippen LogP contribution in [-0.4, -0.2) is 37.6 Å². The first kappa shape index (κ1) is 14.4. The lowest BCUT2D eigenvalue weighted by Gasteiger charge is -2.24. The average Bonchev–Trinajstić information content (AvgIpc) is 3.25. The van der Waals surface area contributed by atoms with Gasteiger partial charge in [0.15, 0.2) is 0 Å². The van der Waals surface area contributed by atoms with Gasteiger partial charge in [0.1, 0.15) is 12.0 Å². The lowest BCUT2D eigenvalue weighted by atomic mass is 10.2. The van der Waals surface area contributed by atoms with Crippen molar-refractivity contribution < 1.29 is 4.74 Å². The fourth-order valence-electron chi connectivity index (χ4n) is 2.60. The van der Waals surface area contributed by atoms with Crippen molar-refractivity contribution >= 4 is 11.3 Å². The minimum absolute atomic E-state index is 0.101. The molecule has 0 aromatic carbocycles. The molecule has 1 aliphatic rings. The van der Waals surface area contributed by atoms with Crippen LogP contribution in [0.1, 0.15) is 10.6 Å². The van der Waals surface area contributed by atoms with Crippen molar-refractivity contribution in [3.05, 3.63) is 46.8 Å². The van der Waals surface area contributed by atoms with Crippen LogP contribution in [-0.2, 0) is 24.4 Å². The Labute approximate surface area is 137 Å². The fourth-order valence-corrected chi connectivity index (χ4v) is 3.28. The Morgan fingerprint density at radius 1 is 1.35 bits per heavy atom. The normalized spacial score (nSPS) is 17.1. The fraction of sp³-hybridized carbons (Fsp3) is 0.333. The minimum atomic E-state index is 0.101. The van der Waals surface area contributed by atoms with Gasteiger partial charge in [0.25, 0.3) is 0 Å². The maximum Gasteiger partial charge on any atom is 0.121 e. The first-order valence-corrected chi connectivity index (χ1v) is 8.30. The number of thiophene rings is 1. The molecule has 118 valence electrons. The summed E-state index contributed by atoms with van der Waals surface area (Å²) in [5.41, 5.74) is 2.65. The highest BCUT2D eigenvalue weighted by Crippen LogP contribution is 2.23. The molecule has 8 heteroatoms. The number of rotatable bonds is 5. The third kappa shape index (κ3) is 3.14. The second kappa shape index (κ2) is 6.53. The second-order valence-electron chi connectivity index (χ2n) is 5.34. The molecule has 4 heterocycles. The van der Waals surface area contributed by atoms with E-state index in [-0.39, 0.29) is 6.10 Å². The zero-order valence-electron chi connectivity index (χ0n) is 12.4. The molecule has 7 nitrogen and oxygen atoms in total. The quantitative estimate of drug-likeness (QED) is 0.764. The predicted octanol–water partition coefficient (Wildman–Crippen LogP) is 1.49. The maximum absolute atomic E-state index is 5.94. The van der Waals surface area contributed by atoms with Gasteiger partial charge in [-0.05, 0) is 11.4 Å². The van der Waals surface area contributed by atoms with E-state index in [0.717, 1.165) is 30.0 Å². The molecule has 0 aliphatic carbocycles. The second-order valence-corrected chi connectivity index (χ2v) is 6.37. The first-order chi connectivity index (χ1) is 11.4. The van der Waals surface area contributed by atoms with Crippen LogP contribution >= 0.6 is 11.3 Å². The summed E-state index contributed by atoms with van der Waals surface area (Å²) in [5.74, 6) is 0. The smallest absolute Gasteiger partial charge is 0.121 e. The van der Waals surface area contributed by atoms with Gasteiger partial charge in [-0.2, -0.15) is 0 Å². The van der Waals surface area contributed by atoms with Crippen molar-refractivity contribution in [2.75, 3.05) is 6.54 Å². The molecule has 4 rings (SSSR count). The Balaban J connectivity index is 1.39. The van der Waals surface area contributed by atoms with Crippen LogP contribution in [0.5, 0.6) is 0 Å². The zero-order valence-corrected chi connectivity index (χ0v) is 13.2. The zero-order chi connectivity index (χ0) is 15.5. The third-order valence-electron chi connectivity index (χ3n) is 3.76. The standard InChI is InChI=1S/C15H16N6OS/c1-2-13(23-3-1)7-16-6-12-8-21-14(9-22-12)15(19-20-21)11-4-17-10-18-5-11/h1-5,10,12,16H,6-9H2/t12-/m0/s1. The van der Waals surface area contributed by atoms with E-state index in [1.807, 2.05) is 4.68 Å². The maximum atomic E-state index is 5.94. The lowest BCUT2D eigenvalue weighted by Crippen LogP contribution is -2.36. The van der Waals surface area contributed by atoms with Crippen LogP contribution < -0.4 is 5.32 Å². The van der Waals surface area contributed by atoms with Crippen LogP contribution in [0.2, 0.25) is 0 Å². The Hall–Kier alpha value is -2.16. The van der Waals surface area contributed by atoms with Crippen LogP contribution in [0.4, 0.5) is 0 Å². The summed E-state index contributed by atoms with van der Waals surface area (Å²) in [5, 5.41) is 14.0. The van der Waals surface area contributed by atoms with Gasteiger partial charge < -0.3 is 10.1 Å². The molecule has 1 atom stereocenters. The van der Waals surface area contributed by atoms with Crippen LogP contribution in [0, 0.1) is 0 Å². The highest BCUT2D eigenvalue weighted by Gasteiger charge is 2.24. The third-order valence-corrected chi connectivity index (χ3v) is 4.63. The number of hydrogen-bond acceptors (Lipinski definition) is 7. The Morgan fingerprint density at radius 2 is 2.26 bits per heavy atom. The molecular formula is C15H16N6OS. The van der Waals surface area contributed by atoms with Gasteiger partial charge in [-0.1, -0.05) is 11.3 Å². The summed E-state index contributed by atoms with van der Waals surface area (Å²) >= 11 is 1.76. The molecule has 0 radical (unpaired) electrons.